The minimum absolute atomic E-state index is 0.251. The molecule has 1 rings (SSSR count). The zero-order valence-corrected chi connectivity index (χ0v) is 13.6. The van der Waals surface area contributed by atoms with E-state index >= 15 is 0 Å². The first-order chi connectivity index (χ1) is 7.83. The van der Waals surface area contributed by atoms with Gasteiger partial charge in [-0.1, -0.05) is 15.9 Å². The Morgan fingerprint density at radius 3 is 2.53 bits per heavy atom. The summed E-state index contributed by atoms with van der Waals surface area (Å²) in [4.78, 5) is 1.45. The molecule has 0 aliphatic rings. The lowest BCUT2D eigenvalue weighted by Gasteiger charge is -2.10. The highest BCUT2D eigenvalue weighted by atomic mass is 79.9. The minimum Gasteiger partial charge on any atom is -0.339 e. The SMILES string of the molecule is C[NH+](C)CCNS(=O)(=O)c1cc(Br)ccc1Br. The lowest BCUT2D eigenvalue weighted by Crippen LogP contribution is -3.06. The maximum absolute atomic E-state index is 12.0. The molecule has 0 fully saturated rings. The molecule has 0 atom stereocenters. The standard InChI is InChI=1S/C10H14Br2N2O2S/c1-14(2)6-5-13-17(15,16)10-7-8(11)3-4-9(10)12/h3-4,7,13H,5-6H2,1-2H3/p+1. The lowest BCUT2D eigenvalue weighted by molar-refractivity contribution is -0.856. The summed E-state index contributed by atoms with van der Waals surface area (Å²) in [6.45, 7) is 1.16. The van der Waals surface area contributed by atoms with Crippen LogP contribution in [0.5, 0.6) is 0 Å². The van der Waals surface area contributed by atoms with Gasteiger partial charge >= 0.3 is 0 Å². The third-order valence-corrected chi connectivity index (χ3v) is 5.05. The van der Waals surface area contributed by atoms with E-state index in [1.54, 1.807) is 18.2 Å². The second-order valence-electron chi connectivity index (χ2n) is 3.93. The summed E-state index contributed by atoms with van der Waals surface area (Å²) in [6.07, 6.45) is 0. The van der Waals surface area contributed by atoms with Gasteiger partial charge in [-0.25, -0.2) is 13.1 Å². The van der Waals surface area contributed by atoms with Gasteiger partial charge in [-0.3, -0.25) is 0 Å². The van der Waals surface area contributed by atoms with E-state index in [0.717, 1.165) is 11.0 Å². The Labute approximate surface area is 119 Å². The Bertz CT molecular complexity index is 489. The predicted octanol–water partition coefficient (Wildman–Crippen LogP) is 0.634. The van der Waals surface area contributed by atoms with Crippen LogP contribution in [0.2, 0.25) is 0 Å². The van der Waals surface area contributed by atoms with Crippen LogP contribution in [0.4, 0.5) is 0 Å². The Kier molecular flexibility index (Phi) is 5.59. The maximum Gasteiger partial charge on any atom is 0.241 e. The van der Waals surface area contributed by atoms with Crippen molar-refractivity contribution in [1.82, 2.24) is 4.72 Å². The minimum atomic E-state index is -3.45. The molecule has 0 unspecified atom stereocenters. The quantitative estimate of drug-likeness (QED) is 0.779. The molecular weight excluding hydrogens is 372 g/mol. The molecule has 7 heteroatoms. The van der Waals surface area contributed by atoms with Gasteiger partial charge in [0.15, 0.2) is 0 Å². The van der Waals surface area contributed by atoms with E-state index in [0.29, 0.717) is 11.0 Å². The normalized spacial score (nSPS) is 12.1. The molecule has 0 aliphatic heterocycles. The zero-order chi connectivity index (χ0) is 13.1. The molecule has 0 aromatic heterocycles. The van der Waals surface area contributed by atoms with Crippen LogP contribution in [0.3, 0.4) is 0 Å². The molecular formula is C10H15Br2N2O2S+. The van der Waals surface area contributed by atoms with E-state index < -0.39 is 10.0 Å². The molecule has 0 amide bonds. The number of nitrogens with one attached hydrogen (secondary N) is 2. The molecule has 0 aliphatic carbocycles. The Morgan fingerprint density at radius 2 is 1.94 bits per heavy atom. The fourth-order valence-electron chi connectivity index (χ4n) is 1.20. The molecule has 0 heterocycles. The average molecular weight is 387 g/mol. The molecule has 0 radical (unpaired) electrons. The molecule has 0 saturated heterocycles. The molecule has 0 spiro atoms. The zero-order valence-electron chi connectivity index (χ0n) is 9.63. The third kappa shape index (κ3) is 4.67. The monoisotopic (exact) mass is 385 g/mol. The van der Waals surface area contributed by atoms with Crippen LogP contribution in [-0.4, -0.2) is 35.6 Å². The number of benzene rings is 1. The van der Waals surface area contributed by atoms with Crippen LogP contribution < -0.4 is 9.62 Å². The van der Waals surface area contributed by atoms with E-state index in [1.807, 2.05) is 14.1 Å². The molecule has 96 valence electrons. The number of rotatable bonds is 5. The van der Waals surface area contributed by atoms with Gasteiger partial charge in [-0.15, -0.1) is 0 Å². The van der Waals surface area contributed by atoms with E-state index in [2.05, 4.69) is 36.6 Å². The van der Waals surface area contributed by atoms with Crippen LogP contribution in [0, 0.1) is 0 Å². The number of sulfonamides is 1. The number of hydrogen-bond donors (Lipinski definition) is 2. The van der Waals surface area contributed by atoms with E-state index in [9.17, 15) is 8.42 Å². The van der Waals surface area contributed by atoms with Crippen LogP contribution in [0.1, 0.15) is 0 Å². The Balaban J connectivity index is 2.86. The summed E-state index contributed by atoms with van der Waals surface area (Å²) in [5.41, 5.74) is 0. The van der Waals surface area contributed by atoms with Crippen molar-refractivity contribution in [2.24, 2.45) is 0 Å². The lowest BCUT2D eigenvalue weighted by atomic mass is 10.4. The molecule has 17 heavy (non-hydrogen) atoms. The second-order valence-corrected chi connectivity index (χ2v) is 7.44. The van der Waals surface area contributed by atoms with E-state index in [-0.39, 0.29) is 4.90 Å². The third-order valence-electron chi connectivity index (χ3n) is 2.10. The first-order valence-electron chi connectivity index (χ1n) is 5.06. The highest BCUT2D eigenvalue weighted by molar-refractivity contribution is 9.11. The van der Waals surface area contributed by atoms with Gasteiger partial charge in [-0.05, 0) is 34.1 Å². The van der Waals surface area contributed by atoms with Gasteiger partial charge in [0.05, 0.1) is 32.1 Å². The number of quaternary nitrogens is 1. The molecule has 1 aromatic rings. The van der Waals surface area contributed by atoms with Gasteiger partial charge in [-0.2, -0.15) is 0 Å². The Hall–Kier alpha value is 0.0500. The van der Waals surface area contributed by atoms with Gasteiger partial charge in [0.1, 0.15) is 0 Å². The van der Waals surface area contributed by atoms with Crippen molar-refractivity contribution >= 4 is 41.9 Å². The molecule has 1 aromatic carbocycles. The topological polar surface area (TPSA) is 50.6 Å². The highest BCUT2D eigenvalue weighted by Gasteiger charge is 2.17. The summed E-state index contributed by atoms with van der Waals surface area (Å²) in [7, 11) is 0.502. The van der Waals surface area contributed by atoms with Gasteiger partial charge in [0.25, 0.3) is 0 Å². The summed E-state index contributed by atoms with van der Waals surface area (Å²) in [5.74, 6) is 0. The average Bonchev–Trinajstić information content (AvgIpc) is 2.20. The fourth-order valence-corrected chi connectivity index (χ4v) is 3.73. The highest BCUT2D eigenvalue weighted by Crippen LogP contribution is 2.25. The van der Waals surface area contributed by atoms with Crippen LogP contribution in [0.15, 0.2) is 32.0 Å². The fraction of sp³-hybridized carbons (Fsp3) is 0.400. The Morgan fingerprint density at radius 1 is 1.29 bits per heavy atom. The smallest absolute Gasteiger partial charge is 0.241 e. The van der Waals surface area contributed by atoms with Crippen molar-refractivity contribution in [3.63, 3.8) is 0 Å². The first-order valence-corrected chi connectivity index (χ1v) is 8.13. The molecule has 0 saturated carbocycles. The van der Waals surface area contributed by atoms with Gasteiger partial charge in [0.2, 0.25) is 10.0 Å². The van der Waals surface area contributed by atoms with Crippen LogP contribution in [-0.2, 0) is 10.0 Å². The summed E-state index contributed by atoms with van der Waals surface area (Å²) in [5, 5.41) is 0. The van der Waals surface area contributed by atoms with Crippen LogP contribution in [0.25, 0.3) is 0 Å². The largest absolute Gasteiger partial charge is 0.339 e. The van der Waals surface area contributed by atoms with Gasteiger partial charge < -0.3 is 4.90 Å². The van der Waals surface area contributed by atoms with Crippen molar-refractivity contribution in [3.05, 3.63) is 27.1 Å². The van der Waals surface area contributed by atoms with E-state index in [1.165, 1.54) is 4.90 Å². The number of halogens is 2. The van der Waals surface area contributed by atoms with Crippen molar-refractivity contribution in [2.75, 3.05) is 27.2 Å². The number of hydrogen-bond acceptors (Lipinski definition) is 2. The predicted molar refractivity (Wildman–Crippen MR) is 74.7 cm³/mol. The molecule has 0 bridgehead atoms. The van der Waals surface area contributed by atoms with Crippen molar-refractivity contribution in [3.8, 4) is 0 Å². The van der Waals surface area contributed by atoms with Crippen molar-refractivity contribution in [1.29, 1.82) is 0 Å². The first kappa shape index (κ1) is 15.1. The van der Waals surface area contributed by atoms with Crippen molar-refractivity contribution in [2.45, 2.75) is 4.90 Å². The van der Waals surface area contributed by atoms with Gasteiger partial charge in [0, 0.05) is 8.95 Å². The van der Waals surface area contributed by atoms with Crippen LogP contribution >= 0.6 is 31.9 Å². The summed E-state index contributed by atoms with van der Waals surface area (Å²) < 4.78 is 27.9. The van der Waals surface area contributed by atoms with Crippen molar-refractivity contribution < 1.29 is 13.3 Å². The second kappa shape index (κ2) is 6.29. The summed E-state index contributed by atoms with van der Waals surface area (Å²) >= 11 is 6.50. The molecule has 4 nitrogen and oxygen atoms in total. The maximum atomic E-state index is 12.0. The molecule has 2 N–H and O–H groups in total. The van der Waals surface area contributed by atoms with E-state index in [4.69, 9.17) is 0 Å². The number of likely N-dealkylation sites (N-methyl/N-ethyl adjacent to an activating group) is 1. The summed E-state index contributed by atoms with van der Waals surface area (Å²) in [6, 6.07) is 5.07.